The van der Waals surface area contributed by atoms with Crippen LogP contribution in [0.4, 0.5) is 0 Å². The Morgan fingerprint density at radius 3 is 2.47 bits per heavy atom. The number of rotatable bonds is 5. The zero-order chi connectivity index (χ0) is 12.1. The van der Waals surface area contributed by atoms with Gasteiger partial charge in [0.1, 0.15) is 0 Å². The van der Waals surface area contributed by atoms with Gasteiger partial charge in [0.2, 0.25) is 0 Å². The van der Waals surface area contributed by atoms with Gasteiger partial charge in [0.15, 0.2) is 0 Å². The van der Waals surface area contributed by atoms with E-state index < -0.39 is 5.97 Å². The Kier molecular flexibility index (Phi) is 4.15. The van der Waals surface area contributed by atoms with Gasteiger partial charge in [-0.1, -0.05) is 25.0 Å². The summed E-state index contributed by atoms with van der Waals surface area (Å²) in [4.78, 5) is 10.7. The van der Waals surface area contributed by atoms with E-state index in [-0.39, 0.29) is 0 Å². The molecule has 0 aliphatic heterocycles. The van der Waals surface area contributed by atoms with Crippen LogP contribution in [0.2, 0.25) is 0 Å². The van der Waals surface area contributed by atoms with Crippen LogP contribution in [-0.2, 0) is 11.2 Å². The molecule has 1 N–H and O–H groups in total. The van der Waals surface area contributed by atoms with Crippen molar-refractivity contribution in [2.24, 2.45) is 0 Å². The Hall–Kier alpha value is -1.35. The minimum absolute atomic E-state index is 0.338. The van der Waals surface area contributed by atoms with Gasteiger partial charge in [0.05, 0.1) is 18.3 Å². The third kappa shape index (κ3) is 3.56. The van der Waals surface area contributed by atoms with Crippen molar-refractivity contribution in [3.8, 4) is 0 Å². The molecule has 0 amide bonds. The van der Waals surface area contributed by atoms with E-state index in [0.29, 0.717) is 11.7 Å². The van der Waals surface area contributed by atoms with Gasteiger partial charge in [-0.05, 0) is 37.0 Å². The summed E-state index contributed by atoms with van der Waals surface area (Å²) in [6, 6.07) is 7.02. The Labute approximate surface area is 101 Å². The highest BCUT2D eigenvalue weighted by Crippen LogP contribution is 2.21. The average Bonchev–Trinajstić information content (AvgIpc) is 2.83. The highest BCUT2D eigenvalue weighted by Gasteiger charge is 2.14. The molecule has 0 saturated heterocycles. The fraction of sp³-hybridized carbons (Fsp3) is 0.500. The summed E-state index contributed by atoms with van der Waals surface area (Å²) in [5.74, 6) is -0.876. The molecule has 1 fully saturated rings. The molecule has 1 aromatic rings. The smallest absolute Gasteiger partial charge is 0.335 e. The Morgan fingerprint density at radius 2 is 1.88 bits per heavy atom. The first-order chi connectivity index (χ1) is 8.25. The van der Waals surface area contributed by atoms with Gasteiger partial charge in [0.25, 0.3) is 0 Å². The Morgan fingerprint density at radius 1 is 1.24 bits per heavy atom. The fourth-order valence-corrected chi connectivity index (χ4v) is 2.21. The van der Waals surface area contributed by atoms with E-state index in [9.17, 15) is 4.79 Å². The number of hydrogen-bond donors (Lipinski definition) is 1. The molecule has 92 valence electrons. The molecule has 1 aliphatic rings. The van der Waals surface area contributed by atoms with Crippen LogP contribution in [-0.4, -0.2) is 23.8 Å². The number of carbonyl (C=O) groups is 1. The minimum atomic E-state index is -0.876. The quantitative estimate of drug-likeness (QED) is 0.852. The number of carboxylic acids is 1. The first kappa shape index (κ1) is 12.1. The van der Waals surface area contributed by atoms with Crippen LogP contribution >= 0.6 is 0 Å². The molecule has 1 aliphatic carbocycles. The van der Waals surface area contributed by atoms with Gasteiger partial charge in [0, 0.05) is 0 Å². The van der Waals surface area contributed by atoms with Crippen LogP contribution in [0.1, 0.15) is 41.6 Å². The highest BCUT2D eigenvalue weighted by atomic mass is 16.5. The number of ether oxygens (including phenoxy) is 1. The first-order valence-corrected chi connectivity index (χ1v) is 6.19. The van der Waals surface area contributed by atoms with Gasteiger partial charge < -0.3 is 9.84 Å². The summed E-state index contributed by atoms with van der Waals surface area (Å²) in [6.07, 6.45) is 6.27. The number of carboxylic acid groups (broad SMARTS) is 1. The van der Waals surface area contributed by atoms with Crippen molar-refractivity contribution in [1.82, 2.24) is 0 Å². The molecule has 0 bridgehead atoms. The monoisotopic (exact) mass is 234 g/mol. The second-order valence-electron chi connectivity index (χ2n) is 4.53. The Balaban J connectivity index is 1.76. The van der Waals surface area contributed by atoms with Gasteiger partial charge in [-0.2, -0.15) is 0 Å². The normalized spacial score (nSPS) is 16.2. The molecule has 0 unspecified atom stereocenters. The molecule has 0 heterocycles. The maximum Gasteiger partial charge on any atom is 0.335 e. The summed E-state index contributed by atoms with van der Waals surface area (Å²) in [5.41, 5.74) is 1.47. The van der Waals surface area contributed by atoms with Gasteiger partial charge >= 0.3 is 5.97 Å². The lowest BCUT2D eigenvalue weighted by Crippen LogP contribution is -2.10. The van der Waals surface area contributed by atoms with Crippen LogP contribution in [0.5, 0.6) is 0 Å². The molecule has 3 heteroatoms. The van der Waals surface area contributed by atoms with E-state index in [4.69, 9.17) is 9.84 Å². The topological polar surface area (TPSA) is 46.5 Å². The van der Waals surface area contributed by atoms with Crippen molar-refractivity contribution in [2.45, 2.75) is 38.2 Å². The predicted molar refractivity (Wildman–Crippen MR) is 65.3 cm³/mol. The van der Waals surface area contributed by atoms with E-state index in [2.05, 4.69) is 0 Å². The molecular formula is C14H18O3. The largest absolute Gasteiger partial charge is 0.478 e. The predicted octanol–water partition coefficient (Wildman–Crippen LogP) is 2.89. The van der Waals surface area contributed by atoms with E-state index in [1.807, 2.05) is 12.1 Å². The van der Waals surface area contributed by atoms with Crippen molar-refractivity contribution < 1.29 is 14.6 Å². The summed E-state index contributed by atoms with van der Waals surface area (Å²) in [5, 5.41) is 8.77. The number of benzene rings is 1. The molecule has 1 saturated carbocycles. The second-order valence-corrected chi connectivity index (χ2v) is 4.53. The van der Waals surface area contributed by atoms with Gasteiger partial charge in [-0.3, -0.25) is 0 Å². The zero-order valence-electron chi connectivity index (χ0n) is 9.89. The van der Waals surface area contributed by atoms with Crippen molar-refractivity contribution in [1.29, 1.82) is 0 Å². The van der Waals surface area contributed by atoms with E-state index in [1.54, 1.807) is 12.1 Å². The SMILES string of the molecule is O=C(O)c1ccc(CCOC2CCCC2)cc1. The number of aromatic carboxylic acids is 1. The summed E-state index contributed by atoms with van der Waals surface area (Å²) in [6.45, 7) is 0.733. The fourth-order valence-electron chi connectivity index (χ4n) is 2.21. The summed E-state index contributed by atoms with van der Waals surface area (Å²) >= 11 is 0. The standard InChI is InChI=1S/C14H18O3/c15-14(16)12-7-5-11(6-8-12)9-10-17-13-3-1-2-4-13/h5-8,13H,1-4,9-10H2,(H,15,16). The van der Waals surface area contributed by atoms with Crippen LogP contribution in [0.3, 0.4) is 0 Å². The second kappa shape index (κ2) is 5.82. The van der Waals surface area contributed by atoms with E-state index in [1.165, 1.54) is 25.7 Å². The average molecular weight is 234 g/mol. The van der Waals surface area contributed by atoms with E-state index >= 15 is 0 Å². The summed E-state index contributed by atoms with van der Waals surface area (Å²) < 4.78 is 5.77. The maximum atomic E-state index is 10.7. The van der Waals surface area contributed by atoms with E-state index in [0.717, 1.165) is 18.6 Å². The van der Waals surface area contributed by atoms with Crippen molar-refractivity contribution in [3.05, 3.63) is 35.4 Å². The molecule has 0 radical (unpaired) electrons. The molecule has 17 heavy (non-hydrogen) atoms. The molecule has 1 aromatic carbocycles. The van der Waals surface area contributed by atoms with Gasteiger partial charge in [-0.25, -0.2) is 4.79 Å². The number of hydrogen-bond acceptors (Lipinski definition) is 2. The zero-order valence-corrected chi connectivity index (χ0v) is 9.89. The van der Waals surface area contributed by atoms with Crippen LogP contribution in [0.15, 0.2) is 24.3 Å². The van der Waals surface area contributed by atoms with Crippen LogP contribution in [0.25, 0.3) is 0 Å². The minimum Gasteiger partial charge on any atom is -0.478 e. The van der Waals surface area contributed by atoms with Crippen molar-refractivity contribution in [2.75, 3.05) is 6.61 Å². The molecule has 0 spiro atoms. The molecule has 0 atom stereocenters. The van der Waals surface area contributed by atoms with Gasteiger partial charge in [-0.15, -0.1) is 0 Å². The maximum absolute atomic E-state index is 10.7. The molecule has 2 rings (SSSR count). The molecule has 0 aromatic heterocycles. The lowest BCUT2D eigenvalue weighted by molar-refractivity contribution is 0.0606. The summed E-state index contributed by atoms with van der Waals surface area (Å²) in [7, 11) is 0. The van der Waals surface area contributed by atoms with Crippen LogP contribution in [0, 0.1) is 0 Å². The molecular weight excluding hydrogens is 216 g/mol. The van der Waals surface area contributed by atoms with Crippen molar-refractivity contribution >= 4 is 5.97 Å². The molecule has 3 nitrogen and oxygen atoms in total. The lowest BCUT2D eigenvalue weighted by atomic mass is 10.1. The first-order valence-electron chi connectivity index (χ1n) is 6.19. The van der Waals surface area contributed by atoms with Crippen molar-refractivity contribution in [3.63, 3.8) is 0 Å². The highest BCUT2D eigenvalue weighted by molar-refractivity contribution is 5.87. The third-order valence-electron chi connectivity index (χ3n) is 3.25. The lowest BCUT2D eigenvalue weighted by Gasteiger charge is -2.10. The Bertz CT molecular complexity index is 364. The van der Waals surface area contributed by atoms with Crippen LogP contribution < -0.4 is 0 Å². The third-order valence-corrected chi connectivity index (χ3v) is 3.25.